The first-order chi connectivity index (χ1) is 6.95. The molecule has 5 nitrogen and oxygen atoms in total. The van der Waals surface area contributed by atoms with Gasteiger partial charge in [0.1, 0.15) is 0 Å². The Morgan fingerprint density at radius 1 is 1.60 bits per heavy atom. The van der Waals surface area contributed by atoms with Crippen LogP contribution in [0, 0.1) is 5.41 Å². The molecule has 0 aliphatic carbocycles. The molecule has 0 fully saturated rings. The van der Waals surface area contributed by atoms with E-state index in [9.17, 15) is 4.79 Å². The Morgan fingerprint density at radius 3 is 2.80 bits per heavy atom. The lowest BCUT2D eigenvalue weighted by molar-refractivity contribution is -0.144. The second-order valence-electron chi connectivity index (χ2n) is 3.82. The predicted molar refractivity (Wildman–Crippen MR) is 53.4 cm³/mol. The zero-order valence-corrected chi connectivity index (χ0v) is 9.02. The van der Waals surface area contributed by atoms with Crippen molar-refractivity contribution in [3.05, 3.63) is 12.3 Å². The van der Waals surface area contributed by atoms with Crippen molar-refractivity contribution in [2.24, 2.45) is 5.41 Å². The van der Waals surface area contributed by atoms with Crippen molar-refractivity contribution in [3.63, 3.8) is 0 Å². The monoisotopic (exact) mass is 210 g/mol. The second kappa shape index (κ2) is 4.25. The molecule has 1 rings (SSSR count). The van der Waals surface area contributed by atoms with Gasteiger partial charge >= 0.3 is 12.0 Å². The molecule has 0 bridgehead atoms. The van der Waals surface area contributed by atoms with E-state index in [1.807, 2.05) is 6.92 Å². The summed E-state index contributed by atoms with van der Waals surface area (Å²) in [4.78, 5) is 18.9. The standard InChI is InChI=1S/C10H14N2O3/c1-4-10(2,3)8(14)15-9-11-6-5-7(13)12-9/h5-6H,4H2,1-3H3,(H,11,12,13). The number of aromatic nitrogens is 2. The summed E-state index contributed by atoms with van der Waals surface area (Å²) in [5.74, 6) is -0.627. The van der Waals surface area contributed by atoms with Crippen LogP contribution in [0.4, 0.5) is 0 Å². The number of esters is 1. The van der Waals surface area contributed by atoms with Gasteiger partial charge in [-0.15, -0.1) is 0 Å². The molecule has 0 saturated carbocycles. The summed E-state index contributed by atoms with van der Waals surface area (Å²) < 4.78 is 4.93. The molecule has 0 atom stereocenters. The van der Waals surface area contributed by atoms with Crippen LogP contribution in [0.25, 0.3) is 0 Å². The van der Waals surface area contributed by atoms with Gasteiger partial charge in [-0.25, -0.2) is 4.98 Å². The fourth-order valence-electron chi connectivity index (χ4n) is 0.746. The van der Waals surface area contributed by atoms with E-state index >= 15 is 0 Å². The maximum atomic E-state index is 11.6. The molecule has 82 valence electrons. The largest absolute Gasteiger partial charge is 0.493 e. The minimum Gasteiger partial charge on any atom is -0.493 e. The first-order valence-electron chi connectivity index (χ1n) is 4.70. The number of carbonyl (C=O) groups is 1. The smallest absolute Gasteiger partial charge is 0.327 e. The summed E-state index contributed by atoms with van der Waals surface area (Å²) in [6.45, 7) is 5.45. The predicted octanol–water partition coefficient (Wildman–Crippen LogP) is 1.52. The van der Waals surface area contributed by atoms with Gasteiger partial charge in [0.15, 0.2) is 0 Å². The fraction of sp³-hybridized carbons (Fsp3) is 0.500. The van der Waals surface area contributed by atoms with E-state index in [0.29, 0.717) is 6.42 Å². The molecular weight excluding hydrogens is 196 g/mol. The third-order valence-electron chi connectivity index (χ3n) is 2.24. The lowest BCUT2D eigenvalue weighted by Crippen LogP contribution is -2.28. The first kappa shape index (κ1) is 11.4. The first-order valence-corrected chi connectivity index (χ1v) is 4.70. The van der Waals surface area contributed by atoms with Gasteiger partial charge in [-0.1, -0.05) is 6.92 Å². The number of hydrogen-bond acceptors (Lipinski definition) is 5. The molecule has 1 heterocycles. The third-order valence-corrected chi connectivity index (χ3v) is 2.24. The minimum atomic E-state index is -0.575. The molecule has 0 aliphatic rings. The summed E-state index contributed by atoms with van der Waals surface area (Å²) in [5, 5.41) is 9.04. The number of aromatic hydroxyl groups is 1. The number of nitrogens with zero attached hydrogens (tertiary/aromatic N) is 2. The Kier molecular flexibility index (Phi) is 3.24. The Labute approximate surface area is 88.1 Å². The van der Waals surface area contributed by atoms with Gasteiger partial charge in [0, 0.05) is 12.3 Å². The van der Waals surface area contributed by atoms with Gasteiger partial charge in [0.25, 0.3) is 0 Å². The molecule has 15 heavy (non-hydrogen) atoms. The van der Waals surface area contributed by atoms with Crippen molar-refractivity contribution in [2.45, 2.75) is 27.2 Å². The number of rotatable bonds is 3. The molecule has 0 unspecified atom stereocenters. The van der Waals surface area contributed by atoms with Crippen LogP contribution in [0.5, 0.6) is 11.9 Å². The average molecular weight is 210 g/mol. The summed E-state index contributed by atoms with van der Waals surface area (Å²) in [6, 6.07) is 1.18. The Morgan fingerprint density at radius 2 is 2.27 bits per heavy atom. The van der Waals surface area contributed by atoms with Crippen molar-refractivity contribution in [2.75, 3.05) is 0 Å². The summed E-state index contributed by atoms with van der Waals surface area (Å²) >= 11 is 0. The average Bonchev–Trinajstić information content (AvgIpc) is 2.17. The quantitative estimate of drug-likeness (QED) is 0.766. The molecule has 1 N–H and O–H groups in total. The number of carbonyl (C=O) groups excluding carboxylic acids is 1. The van der Waals surface area contributed by atoms with Crippen molar-refractivity contribution >= 4 is 5.97 Å². The van der Waals surface area contributed by atoms with Crippen LogP contribution in [0.2, 0.25) is 0 Å². The van der Waals surface area contributed by atoms with Gasteiger partial charge < -0.3 is 9.84 Å². The van der Waals surface area contributed by atoms with E-state index in [0.717, 1.165) is 0 Å². The zero-order valence-electron chi connectivity index (χ0n) is 9.02. The van der Waals surface area contributed by atoms with Crippen molar-refractivity contribution in [3.8, 4) is 11.9 Å². The van der Waals surface area contributed by atoms with Crippen molar-refractivity contribution in [1.82, 2.24) is 9.97 Å². The van der Waals surface area contributed by atoms with Gasteiger partial charge in [0.05, 0.1) is 5.41 Å². The summed E-state index contributed by atoms with van der Waals surface area (Å²) in [7, 11) is 0. The highest BCUT2D eigenvalue weighted by atomic mass is 16.6. The molecule has 0 aromatic carbocycles. The molecule has 0 spiro atoms. The Hall–Kier alpha value is -1.65. The lowest BCUT2D eigenvalue weighted by atomic mass is 9.91. The number of hydrogen-bond donors (Lipinski definition) is 1. The topological polar surface area (TPSA) is 72.3 Å². The molecule has 0 amide bonds. The van der Waals surface area contributed by atoms with E-state index < -0.39 is 11.4 Å². The molecule has 0 saturated heterocycles. The normalized spacial score (nSPS) is 11.1. The van der Waals surface area contributed by atoms with Crippen molar-refractivity contribution in [1.29, 1.82) is 0 Å². The summed E-state index contributed by atoms with van der Waals surface area (Å²) in [6.07, 6.45) is 1.98. The van der Waals surface area contributed by atoms with Crippen LogP contribution in [-0.4, -0.2) is 21.0 Å². The molecular formula is C10H14N2O3. The summed E-state index contributed by atoms with van der Waals surface area (Å²) in [5.41, 5.74) is -0.575. The minimum absolute atomic E-state index is 0.124. The molecule has 0 radical (unpaired) electrons. The van der Waals surface area contributed by atoms with E-state index in [2.05, 4.69) is 9.97 Å². The van der Waals surface area contributed by atoms with Crippen LogP contribution < -0.4 is 4.74 Å². The lowest BCUT2D eigenvalue weighted by Gasteiger charge is -2.18. The molecule has 1 aromatic rings. The van der Waals surface area contributed by atoms with Crippen LogP contribution >= 0.6 is 0 Å². The fourth-order valence-corrected chi connectivity index (χ4v) is 0.746. The van der Waals surface area contributed by atoms with E-state index in [4.69, 9.17) is 9.84 Å². The maximum Gasteiger partial charge on any atom is 0.327 e. The van der Waals surface area contributed by atoms with E-state index in [1.165, 1.54) is 12.3 Å². The highest BCUT2D eigenvalue weighted by molar-refractivity contribution is 5.77. The zero-order chi connectivity index (χ0) is 11.5. The van der Waals surface area contributed by atoms with Gasteiger partial charge in [-0.05, 0) is 20.3 Å². The Bertz CT molecular complexity index is 363. The Balaban J connectivity index is 2.75. The van der Waals surface area contributed by atoms with Crippen LogP contribution in [0.1, 0.15) is 27.2 Å². The van der Waals surface area contributed by atoms with Gasteiger partial charge in [-0.3, -0.25) is 4.79 Å². The van der Waals surface area contributed by atoms with Crippen LogP contribution in [0.15, 0.2) is 12.3 Å². The molecule has 1 aromatic heterocycles. The second-order valence-corrected chi connectivity index (χ2v) is 3.82. The van der Waals surface area contributed by atoms with Gasteiger partial charge in [0.2, 0.25) is 5.88 Å². The van der Waals surface area contributed by atoms with E-state index in [1.54, 1.807) is 13.8 Å². The van der Waals surface area contributed by atoms with Gasteiger partial charge in [-0.2, -0.15) is 4.98 Å². The third kappa shape index (κ3) is 2.90. The highest BCUT2D eigenvalue weighted by Gasteiger charge is 2.28. The number of ether oxygens (including phenoxy) is 1. The maximum absolute atomic E-state index is 11.6. The SMILES string of the molecule is CCC(C)(C)C(=O)Oc1nccc(O)n1. The molecule has 5 heteroatoms. The van der Waals surface area contributed by atoms with E-state index in [-0.39, 0.29) is 11.9 Å². The van der Waals surface area contributed by atoms with Crippen LogP contribution in [0.3, 0.4) is 0 Å². The van der Waals surface area contributed by atoms with Crippen molar-refractivity contribution < 1.29 is 14.6 Å². The highest BCUT2D eigenvalue weighted by Crippen LogP contribution is 2.22. The van der Waals surface area contributed by atoms with Crippen LogP contribution in [-0.2, 0) is 4.79 Å². The molecule has 0 aliphatic heterocycles.